The van der Waals surface area contributed by atoms with Crippen molar-refractivity contribution in [1.82, 2.24) is 0 Å². The summed E-state index contributed by atoms with van der Waals surface area (Å²) in [5, 5.41) is 18.0. The Balaban J connectivity index is 2.58. The molecule has 0 saturated heterocycles. The highest BCUT2D eigenvalue weighted by molar-refractivity contribution is 5.07. The molecule has 0 aromatic carbocycles. The molecule has 0 spiro atoms. The first kappa shape index (κ1) is 12.5. The van der Waals surface area contributed by atoms with Crippen molar-refractivity contribution in [3.8, 4) is 6.07 Å². The van der Waals surface area contributed by atoms with Crippen molar-refractivity contribution >= 4 is 0 Å². The second-order valence-electron chi connectivity index (χ2n) is 4.28. The molecule has 3 nitrogen and oxygen atoms in total. The Kier molecular flexibility index (Phi) is 5.07. The summed E-state index contributed by atoms with van der Waals surface area (Å²) in [5.74, 6) is 0.370. The summed E-state index contributed by atoms with van der Waals surface area (Å²) in [4.78, 5) is 0. The van der Waals surface area contributed by atoms with E-state index >= 15 is 0 Å². The van der Waals surface area contributed by atoms with Gasteiger partial charge >= 0.3 is 0 Å². The molecule has 0 heterocycles. The minimum absolute atomic E-state index is 0.137. The summed E-state index contributed by atoms with van der Waals surface area (Å²) < 4.78 is 5.74. The Bertz CT molecular complexity index is 224. The van der Waals surface area contributed by atoms with Crippen LogP contribution in [-0.4, -0.2) is 23.9 Å². The molecule has 1 rings (SSSR count). The molecule has 1 saturated carbocycles. The van der Waals surface area contributed by atoms with Crippen LogP contribution in [0.1, 0.15) is 45.4 Å². The van der Waals surface area contributed by atoms with E-state index in [1.807, 2.05) is 0 Å². The average molecular weight is 211 g/mol. The zero-order valence-electron chi connectivity index (χ0n) is 9.54. The van der Waals surface area contributed by atoms with Gasteiger partial charge in [-0.05, 0) is 32.1 Å². The quantitative estimate of drug-likeness (QED) is 0.710. The van der Waals surface area contributed by atoms with Crippen molar-refractivity contribution < 1.29 is 9.84 Å². The summed E-state index contributed by atoms with van der Waals surface area (Å²) in [5.41, 5.74) is -0.567. The maximum Gasteiger partial charge on any atom is 0.156 e. The van der Waals surface area contributed by atoms with Crippen molar-refractivity contribution in [3.05, 3.63) is 0 Å². The van der Waals surface area contributed by atoms with Crippen LogP contribution in [0.4, 0.5) is 0 Å². The Morgan fingerprint density at radius 3 is 2.93 bits per heavy atom. The van der Waals surface area contributed by atoms with Gasteiger partial charge in [-0.25, -0.2) is 0 Å². The fraction of sp³-hybridized carbons (Fsp3) is 0.917. The molecule has 0 aromatic rings. The van der Waals surface area contributed by atoms with Crippen molar-refractivity contribution in [2.45, 2.75) is 51.0 Å². The van der Waals surface area contributed by atoms with E-state index in [-0.39, 0.29) is 6.61 Å². The second-order valence-corrected chi connectivity index (χ2v) is 4.28. The third-order valence-electron chi connectivity index (χ3n) is 3.35. The standard InChI is InChI=1S/C12H21NO2/c1-2-11-6-3-4-7-12(11,10-13)15-9-5-8-14/h11,14H,2-9H2,1H3. The third-order valence-corrected chi connectivity index (χ3v) is 3.35. The lowest BCUT2D eigenvalue weighted by Gasteiger charge is -2.38. The molecule has 15 heavy (non-hydrogen) atoms. The monoisotopic (exact) mass is 211 g/mol. The van der Waals surface area contributed by atoms with E-state index in [4.69, 9.17) is 9.84 Å². The first-order valence-corrected chi connectivity index (χ1v) is 5.95. The van der Waals surface area contributed by atoms with E-state index in [0.29, 0.717) is 18.9 Å². The number of rotatable bonds is 5. The lowest BCUT2D eigenvalue weighted by atomic mass is 9.74. The topological polar surface area (TPSA) is 53.2 Å². The molecule has 2 unspecified atom stereocenters. The molecule has 1 aliphatic carbocycles. The van der Waals surface area contributed by atoms with Crippen LogP contribution >= 0.6 is 0 Å². The molecular weight excluding hydrogens is 190 g/mol. The van der Waals surface area contributed by atoms with Crippen molar-refractivity contribution in [1.29, 1.82) is 5.26 Å². The molecule has 1 fully saturated rings. The normalized spacial score (nSPS) is 31.1. The molecule has 1 N–H and O–H groups in total. The zero-order valence-corrected chi connectivity index (χ0v) is 9.54. The molecular formula is C12H21NO2. The highest BCUT2D eigenvalue weighted by Crippen LogP contribution is 2.38. The van der Waals surface area contributed by atoms with Crippen molar-refractivity contribution in [2.24, 2.45) is 5.92 Å². The predicted molar refractivity (Wildman–Crippen MR) is 58.2 cm³/mol. The number of aliphatic hydroxyl groups excluding tert-OH is 1. The van der Waals surface area contributed by atoms with E-state index < -0.39 is 5.60 Å². The minimum atomic E-state index is -0.567. The van der Waals surface area contributed by atoms with Gasteiger partial charge in [0.25, 0.3) is 0 Å². The summed E-state index contributed by atoms with van der Waals surface area (Å²) in [6, 6.07) is 2.37. The van der Waals surface area contributed by atoms with Crippen LogP contribution in [-0.2, 0) is 4.74 Å². The molecule has 1 aliphatic rings. The maximum atomic E-state index is 9.30. The molecule has 3 heteroatoms. The Hall–Kier alpha value is -0.590. The Labute approximate surface area is 92.0 Å². The fourth-order valence-corrected chi connectivity index (χ4v) is 2.44. The van der Waals surface area contributed by atoms with Crippen LogP contribution in [0.5, 0.6) is 0 Å². The highest BCUT2D eigenvalue weighted by Gasteiger charge is 2.40. The molecule has 0 aliphatic heterocycles. The predicted octanol–water partition coefficient (Wildman–Crippen LogP) is 2.25. The number of aliphatic hydroxyl groups is 1. The SMILES string of the molecule is CCC1CCCCC1(C#N)OCCCO. The van der Waals surface area contributed by atoms with Gasteiger partial charge in [0.05, 0.1) is 12.7 Å². The molecule has 0 radical (unpaired) electrons. The van der Waals surface area contributed by atoms with Gasteiger partial charge in [0.2, 0.25) is 0 Å². The van der Waals surface area contributed by atoms with Gasteiger partial charge in [-0.1, -0.05) is 13.3 Å². The first-order valence-electron chi connectivity index (χ1n) is 5.95. The van der Waals surface area contributed by atoms with Crippen LogP contribution < -0.4 is 0 Å². The van der Waals surface area contributed by atoms with Crippen LogP contribution in [0, 0.1) is 17.2 Å². The van der Waals surface area contributed by atoms with Gasteiger partial charge in [-0.15, -0.1) is 0 Å². The van der Waals surface area contributed by atoms with Gasteiger partial charge in [-0.2, -0.15) is 5.26 Å². The summed E-state index contributed by atoms with van der Waals surface area (Å²) in [6.45, 7) is 2.76. The van der Waals surface area contributed by atoms with Gasteiger partial charge in [0.15, 0.2) is 5.60 Å². The zero-order chi connectivity index (χ0) is 11.1. The van der Waals surface area contributed by atoms with E-state index in [1.165, 1.54) is 6.42 Å². The average Bonchev–Trinajstić information content (AvgIpc) is 2.30. The van der Waals surface area contributed by atoms with Crippen LogP contribution in [0.25, 0.3) is 0 Å². The van der Waals surface area contributed by atoms with Crippen LogP contribution in [0.3, 0.4) is 0 Å². The maximum absolute atomic E-state index is 9.30. The van der Waals surface area contributed by atoms with Crippen molar-refractivity contribution in [3.63, 3.8) is 0 Å². The van der Waals surface area contributed by atoms with Crippen molar-refractivity contribution in [2.75, 3.05) is 13.2 Å². The summed E-state index contributed by atoms with van der Waals surface area (Å²) >= 11 is 0. The number of hydrogen-bond acceptors (Lipinski definition) is 3. The number of hydrogen-bond donors (Lipinski definition) is 1. The Morgan fingerprint density at radius 1 is 1.53 bits per heavy atom. The molecule has 0 aromatic heterocycles. The number of nitrogens with zero attached hydrogens (tertiary/aromatic N) is 1. The largest absolute Gasteiger partial charge is 0.396 e. The number of ether oxygens (including phenoxy) is 1. The van der Waals surface area contributed by atoms with E-state index in [2.05, 4.69) is 13.0 Å². The van der Waals surface area contributed by atoms with Gasteiger partial charge < -0.3 is 9.84 Å². The summed E-state index contributed by atoms with van der Waals surface area (Å²) in [7, 11) is 0. The lowest BCUT2D eigenvalue weighted by Crippen LogP contribution is -2.42. The lowest BCUT2D eigenvalue weighted by molar-refractivity contribution is -0.0712. The minimum Gasteiger partial charge on any atom is -0.396 e. The summed E-state index contributed by atoms with van der Waals surface area (Å²) in [6.07, 6.45) is 5.89. The fourth-order valence-electron chi connectivity index (χ4n) is 2.44. The van der Waals surface area contributed by atoms with E-state index in [1.54, 1.807) is 0 Å². The van der Waals surface area contributed by atoms with Gasteiger partial charge in [0, 0.05) is 12.5 Å². The van der Waals surface area contributed by atoms with E-state index in [9.17, 15) is 5.26 Å². The molecule has 0 bridgehead atoms. The molecule has 0 amide bonds. The van der Waals surface area contributed by atoms with Gasteiger partial charge in [-0.3, -0.25) is 0 Å². The smallest absolute Gasteiger partial charge is 0.156 e. The van der Waals surface area contributed by atoms with Crippen LogP contribution in [0.15, 0.2) is 0 Å². The number of nitriles is 1. The Morgan fingerprint density at radius 2 is 2.33 bits per heavy atom. The second kappa shape index (κ2) is 6.09. The third kappa shape index (κ3) is 2.93. The highest BCUT2D eigenvalue weighted by atomic mass is 16.5. The first-order chi connectivity index (χ1) is 7.29. The van der Waals surface area contributed by atoms with Crippen LogP contribution in [0.2, 0.25) is 0 Å². The van der Waals surface area contributed by atoms with E-state index in [0.717, 1.165) is 25.7 Å². The molecule has 86 valence electrons. The molecule has 2 atom stereocenters. The van der Waals surface area contributed by atoms with Gasteiger partial charge in [0.1, 0.15) is 0 Å².